The van der Waals surface area contributed by atoms with Gasteiger partial charge in [0.2, 0.25) is 0 Å². The third-order valence-corrected chi connectivity index (χ3v) is 2.33. The Hall–Kier alpha value is -2.16. The van der Waals surface area contributed by atoms with Gasteiger partial charge in [0.25, 0.3) is 0 Å². The third kappa shape index (κ3) is 1.93. The number of aldehydes is 1. The zero-order valence-electron chi connectivity index (χ0n) is 8.35. The van der Waals surface area contributed by atoms with E-state index in [1.807, 2.05) is 0 Å². The minimum Gasteiger partial charge on any atom is -0.505 e. The summed E-state index contributed by atoms with van der Waals surface area (Å²) in [6.07, 6.45) is 0.751. The van der Waals surface area contributed by atoms with Gasteiger partial charge < -0.3 is 5.11 Å². The predicted molar refractivity (Wildman–Crippen MR) is 58.9 cm³/mol. The summed E-state index contributed by atoms with van der Waals surface area (Å²) in [5.41, 5.74) is 2.03. The lowest BCUT2D eigenvalue weighted by molar-refractivity contribution is 0.112. The normalized spacial score (nSPS) is 10.1. The molecule has 0 bridgehead atoms. The molecule has 0 fully saturated rings. The number of halogens is 1. The van der Waals surface area contributed by atoms with Crippen LogP contribution in [0.4, 0.5) is 4.39 Å². The molecule has 2 aromatic carbocycles. The first-order chi connectivity index (χ1) is 7.70. The first-order valence-electron chi connectivity index (χ1n) is 4.75. The maximum atomic E-state index is 13.1. The molecule has 0 aliphatic rings. The Balaban J connectivity index is 2.42. The van der Waals surface area contributed by atoms with Crippen LogP contribution in [0.5, 0.6) is 5.75 Å². The Labute approximate surface area is 92.0 Å². The van der Waals surface area contributed by atoms with Gasteiger partial charge >= 0.3 is 0 Å². The van der Waals surface area contributed by atoms with Crippen LogP contribution in [0.3, 0.4) is 0 Å². The molecule has 0 aliphatic heterocycles. The van der Waals surface area contributed by atoms with Gasteiger partial charge in [-0.2, -0.15) is 0 Å². The number of carbonyl (C=O) groups is 1. The summed E-state index contributed by atoms with van der Waals surface area (Å²) in [7, 11) is 0. The van der Waals surface area contributed by atoms with Crippen molar-refractivity contribution in [2.45, 2.75) is 0 Å². The maximum absolute atomic E-state index is 13.1. The lowest BCUT2D eigenvalue weighted by atomic mass is 10.0. The number of phenolic OH excluding ortho intramolecular Hbond substituents is 1. The van der Waals surface area contributed by atoms with E-state index in [4.69, 9.17) is 5.11 Å². The van der Waals surface area contributed by atoms with Crippen molar-refractivity contribution in [1.82, 2.24) is 0 Å². The molecular formula is C13H9FO2. The van der Waals surface area contributed by atoms with Crippen LogP contribution in [0, 0.1) is 5.82 Å². The van der Waals surface area contributed by atoms with Gasteiger partial charge in [0, 0.05) is 5.56 Å². The summed E-state index contributed by atoms with van der Waals surface area (Å²) in [6.45, 7) is 0. The van der Waals surface area contributed by atoms with Gasteiger partial charge in [-0.25, -0.2) is 4.39 Å². The van der Waals surface area contributed by atoms with E-state index < -0.39 is 5.82 Å². The average molecular weight is 216 g/mol. The first-order valence-corrected chi connectivity index (χ1v) is 4.75. The van der Waals surface area contributed by atoms with E-state index >= 15 is 0 Å². The second-order valence-electron chi connectivity index (χ2n) is 3.41. The smallest absolute Gasteiger partial charge is 0.165 e. The summed E-state index contributed by atoms with van der Waals surface area (Å²) in [4.78, 5) is 10.5. The van der Waals surface area contributed by atoms with Gasteiger partial charge in [-0.3, -0.25) is 4.79 Å². The van der Waals surface area contributed by atoms with Crippen molar-refractivity contribution in [3.8, 4) is 16.9 Å². The molecule has 0 aromatic heterocycles. The maximum Gasteiger partial charge on any atom is 0.165 e. The van der Waals surface area contributed by atoms with Crippen LogP contribution in [0.2, 0.25) is 0 Å². The Morgan fingerprint density at radius 3 is 2.19 bits per heavy atom. The standard InChI is InChI=1S/C13H9FO2/c14-12-7-11(5-6-13(12)16)10-3-1-9(8-15)2-4-10/h1-8,16H. The molecule has 0 unspecified atom stereocenters. The molecule has 3 heteroatoms. The van der Waals surface area contributed by atoms with E-state index in [0.717, 1.165) is 11.8 Å². The lowest BCUT2D eigenvalue weighted by Crippen LogP contribution is -1.83. The molecule has 0 amide bonds. The van der Waals surface area contributed by atoms with Crippen molar-refractivity contribution < 1.29 is 14.3 Å². The van der Waals surface area contributed by atoms with Crippen molar-refractivity contribution in [3.05, 3.63) is 53.8 Å². The summed E-state index contributed by atoms with van der Waals surface area (Å²) >= 11 is 0. The van der Waals surface area contributed by atoms with Gasteiger partial charge in [0.15, 0.2) is 11.6 Å². The van der Waals surface area contributed by atoms with E-state index in [2.05, 4.69) is 0 Å². The van der Waals surface area contributed by atoms with Gasteiger partial charge in [-0.15, -0.1) is 0 Å². The van der Waals surface area contributed by atoms with Crippen molar-refractivity contribution in [3.63, 3.8) is 0 Å². The zero-order valence-corrected chi connectivity index (χ0v) is 8.35. The highest BCUT2D eigenvalue weighted by molar-refractivity contribution is 5.77. The van der Waals surface area contributed by atoms with E-state index in [9.17, 15) is 9.18 Å². The topological polar surface area (TPSA) is 37.3 Å². The van der Waals surface area contributed by atoms with Crippen LogP contribution in [0.15, 0.2) is 42.5 Å². The molecular weight excluding hydrogens is 207 g/mol. The SMILES string of the molecule is O=Cc1ccc(-c2ccc(O)c(F)c2)cc1. The van der Waals surface area contributed by atoms with Crippen molar-refractivity contribution >= 4 is 6.29 Å². The van der Waals surface area contributed by atoms with E-state index in [-0.39, 0.29) is 5.75 Å². The number of rotatable bonds is 2. The summed E-state index contributed by atoms with van der Waals surface area (Å²) in [6, 6.07) is 11.0. The molecule has 2 nitrogen and oxygen atoms in total. The summed E-state index contributed by atoms with van der Waals surface area (Å²) < 4.78 is 13.1. The number of hydrogen-bond donors (Lipinski definition) is 1. The van der Waals surface area contributed by atoms with E-state index in [1.165, 1.54) is 12.1 Å². The van der Waals surface area contributed by atoms with E-state index in [1.54, 1.807) is 30.3 Å². The molecule has 80 valence electrons. The number of hydrogen-bond acceptors (Lipinski definition) is 2. The largest absolute Gasteiger partial charge is 0.505 e. The number of phenols is 1. The minimum absolute atomic E-state index is 0.367. The second-order valence-corrected chi connectivity index (χ2v) is 3.41. The monoisotopic (exact) mass is 216 g/mol. The van der Waals surface area contributed by atoms with Gasteiger partial charge in [-0.05, 0) is 23.3 Å². The Morgan fingerprint density at radius 2 is 1.62 bits per heavy atom. The van der Waals surface area contributed by atoms with Crippen LogP contribution in [0.25, 0.3) is 11.1 Å². The Morgan fingerprint density at radius 1 is 1.00 bits per heavy atom. The Kier molecular flexibility index (Phi) is 2.68. The van der Waals surface area contributed by atoms with Gasteiger partial charge in [0.05, 0.1) is 0 Å². The molecule has 1 N–H and O–H groups in total. The third-order valence-electron chi connectivity index (χ3n) is 2.33. The van der Waals surface area contributed by atoms with Crippen LogP contribution >= 0.6 is 0 Å². The number of aromatic hydroxyl groups is 1. The van der Waals surface area contributed by atoms with Gasteiger partial charge in [-0.1, -0.05) is 30.3 Å². The number of carbonyl (C=O) groups excluding carboxylic acids is 1. The minimum atomic E-state index is -0.656. The highest BCUT2D eigenvalue weighted by Gasteiger charge is 2.03. The summed E-state index contributed by atoms with van der Waals surface area (Å²) in [5.74, 6) is -1.02. The molecule has 16 heavy (non-hydrogen) atoms. The molecule has 0 saturated heterocycles. The molecule has 2 aromatic rings. The fraction of sp³-hybridized carbons (Fsp3) is 0. The predicted octanol–water partition coefficient (Wildman–Crippen LogP) is 3.01. The quantitative estimate of drug-likeness (QED) is 0.783. The molecule has 0 heterocycles. The van der Waals surface area contributed by atoms with Gasteiger partial charge in [0.1, 0.15) is 6.29 Å². The zero-order chi connectivity index (χ0) is 11.5. The molecule has 0 radical (unpaired) electrons. The van der Waals surface area contributed by atoms with Crippen LogP contribution in [0.1, 0.15) is 10.4 Å². The van der Waals surface area contributed by atoms with E-state index in [0.29, 0.717) is 11.1 Å². The van der Waals surface area contributed by atoms with Crippen molar-refractivity contribution in [2.24, 2.45) is 0 Å². The molecule has 0 spiro atoms. The highest BCUT2D eigenvalue weighted by atomic mass is 19.1. The van der Waals surface area contributed by atoms with Crippen molar-refractivity contribution in [1.29, 1.82) is 0 Å². The summed E-state index contributed by atoms with van der Waals surface area (Å²) in [5, 5.41) is 9.05. The molecule has 0 saturated carbocycles. The fourth-order valence-electron chi connectivity index (χ4n) is 1.44. The average Bonchev–Trinajstić information content (AvgIpc) is 2.33. The highest BCUT2D eigenvalue weighted by Crippen LogP contribution is 2.24. The van der Waals surface area contributed by atoms with Crippen LogP contribution < -0.4 is 0 Å². The fourth-order valence-corrected chi connectivity index (χ4v) is 1.44. The molecule has 2 rings (SSSR count). The first kappa shape index (κ1) is 10.4. The second kappa shape index (κ2) is 4.14. The lowest BCUT2D eigenvalue weighted by Gasteiger charge is -2.03. The van der Waals surface area contributed by atoms with Crippen LogP contribution in [-0.4, -0.2) is 11.4 Å². The Bertz CT molecular complexity index is 518. The number of benzene rings is 2. The van der Waals surface area contributed by atoms with Crippen molar-refractivity contribution in [2.75, 3.05) is 0 Å². The van der Waals surface area contributed by atoms with Crippen LogP contribution in [-0.2, 0) is 0 Å². The molecule has 0 atom stereocenters. The molecule has 0 aliphatic carbocycles.